The molecule has 1 heterocycles. The molecule has 2 aromatic rings. The van der Waals surface area contributed by atoms with E-state index in [1.807, 2.05) is 12.2 Å². The minimum Gasteiger partial charge on any atom is -0.338 e. The van der Waals surface area contributed by atoms with Gasteiger partial charge in [-0.05, 0) is 18.6 Å². The molecule has 0 saturated heterocycles. The fourth-order valence-corrected chi connectivity index (χ4v) is 2.15. The van der Waals surface area contributed by atoms with E-state index in [-0.39, 0.29) is 17.6 Å². The van der Waals surface area contributed by atoms with E-state index in [9.17, 15) is 10.1 Å². The van der Waals surface area contributed by atoms with Crippen LogP contribution in [0.15, 0.2) is 40.9 Å². The third-order valence-corrected chi connectivity index (χ3v) is 3.21. The Balaban J connectivity index is 1.83. The highest BCUT2D eigenvalue weighted by atomic mass is 16.6. The summed E-state index contributed by atoms with van der Waals surface area (Å²) in [5, 5.41) is 14.5. The molecular formula is C13H12N4O3. The molecule has 102 valence electrons. The molecule has 0 radical (unpaired) electrons. The van der Waals surface area contributed by atoms with Gasteiger partial charge in [0, 0.05) is 23.7 Å². The zero-order valence-corrected chi connectivity index (χ0v) is 10.5. The van der Waals surface area contributed by atoms with Crippen LogP contribution in [0.5, 0.6) is 0 Å². The van der Waals surface area contributed by atoms with Crippen LogP contribution in [0.25, 0.3) is 11.4 Å². The molecule has 2 unspecified atom stereocenters. The number of nitro benzene ring substituents is 1. The third kappa shape index (κ3) is 2.30. The van der Waals surface area contributed by atoms with Gasteiger partial charge in [-0.3, -0.25) is 10.1 Å². The van der Waals surface area contributed by atoms with E-state index in [1.165, 1.54) is 12.1 Å². The summed E-state index contributed by atoms with van der Waals surface area (Å²) in [5.74, 6) is 0.982. The normalized spacial score (nSPS) is 21.2. The lowest BCUT2D eigenvalue weighted by atomic mass is 10.1. The number of allylic oxidation sites excluding steroid dienone is 1. The lowest BCUT2D eigenvalue weighted by Crippen LogP contribution is -2.14. The molecule has 7 nitrogen and oxygen atoms in total. The number of rotatable bonds is 3. The summed E-state index contributed by atoms with van der Waals surface area (Å²) in [5.41, 5.74) is 6.49. The maximum Gasteiger partial charge on any atom is 0.269 e. The molecule has 0 aliphatic heterocycles. The lowest BCUT2D eigenvalue weighted by molar-refractivity contribution is -0.384. The molecule has 0 fully saturated rings. The average Bonchev–Trinajstić information content (AvgIpc) is 3.07. The molecule has 3 rings (SSSR count). The van der Waals surface area contributed by atoms with Crippen molar-refractivity contribution >= 4 is 5.69 Å². The number of hydrogen-bond acceptors (Lipinski definition) is 6. The van der Waals surface area contributed by atoms with Gasteiger partial charge < -0.3 is 10.3 Å². The summed E-state index contributed by atoms with van der Waals surface area (Å²) in [7, 11) is 0. The van der Waals surface area contributed by atoms with Crippen molar-refractivity contribution in [2.24, 2.45) is 5.73 Å². The standard InChI is InChI=1S/C13H12N4O3/c14-10-4-1-9(7-10)13-15-12(16-20-13)8-2-5-11(6-3-8)17(18)19/h1-6,9-10H,7,14H2. The van der Waals surface area contributed by atoms with Crippen LogP contribution in [0.3, 0.4) is 0 Å². The molecule has 7 heteroatoms. The van der Waals surface area contributed by atoms with E-state index >= 15 is 0 Å². The van der Waals surface area contributed by atoms with Gasteiger partial charge in [0.25, 0.3) is 5.69 Å². The zero-order chi connectivity index (χ0) is 14.1. The number of nitro groups is 1. The van der Waals surface area contributed by atoms with Crippen molar-refractivity contribution < 1.29 is 9.45 Å². The summed E-state index contributed by atoms with van der Waals surface area (Å²) >= 11 is 0. The van der Waals surface area contributed by atoms with Gasteiger partial charge in [0.1, 0.15) is 0 Å². The van der Waals surface area contributed by atoms with Crippen LogP contribution in [0.1, 0.15) is 18.2 Å². The number of nitrogens with zero attached hydrogens (tertiary/aromatic N) is 3. The van der Waals surface area contributed by atoms with Gasteiger partial charge in [-0.15, -0.1) is 0 Å². The first kappa shape index (κ1) is 12.5. The summed E-state index contributed by atoms with van der Waals surface area (Å²) in [6.07, 6.45) is 4.63. The van der Waals surface area contributed by atoms with Gasteiger partial charge in [-0.2, -0.15) is 4.98 Å². The average molecular weight is 272 g/mol. The fraction of sp³-hybridized carbons (Fsp3) is 0.231. The van der Waals surface area contributed by atoms with Crippen LogP contribution in [0.4, 0.5) is 5.69 Å². The molecule has 1 aliphatic rings. The number of nitrogens with two attached hydrogens (primary N) is 1. The minimum atomic E-state index is -0.448. The molecule has 0 amide bonds. The highest BCUT2D eigenvalue weighted by Crippen LogP contribution is 2.28. The predicted molar refractivity (Wildman–Crippen MR) is 70.9 cm³/mol. The smallest absolute Gasteiger partial charge is 0.269 e. The number of aromatic nitrogens is 2. The molecular weight excluding hydrogens is 260 g/mol. The zero-order valence-electron chi connectivity index (χ0n) is 10.5. The maximum atomic E-state index is 10.6. The van der Waals surface area contributed by atoms with Crippen molar-refractivity contribution in [3.8, 4) is 11.4 Å². The van der Waals surface area contributed by atoms with Gasteiger partial charge in [0.15, 0.2) is 0 Å². The molecule has 0 spiro atoms. The molecule has 2 atom stereocenters. The van der Waals surface area contributed by atoms with Crippen molar-refractivity contribution in [2.75, 3.05) is 0 Å². The first-order valence-corrected chi connectivity index (χ1v) is 6.16. The highest BCUT2D eigenvalue weighted by Gasteiger charge is 2.23. The molecule has 0 bridgehead atoms. The summed E-state index contributed by atoms with van der Waals surface area (Å²) in [6.45, 7) is 0. The van der Waals surface area contributed by atoms with E-state index in [4.69, 9.17) is 10.3 Å². The Morgan fingerprint density at radius 2 is 2.05 bits per heavy atom. The van der Waals surface area contributed by atoms with E-state index in [2.05, 4.69) is 10.1 Å². The predicted octanol–water partition coefficient (Wildman–Crippen LogP) is 2.02. The van der Waals surface area contributed by atoms with Crippen LogP contribution in [0, 0.1) is 10.1 Å². The fourth-order valence-electron chi connectivity index (χ4n) is 2.15. The quantitative estimate of drug-likeness (QED) is 0.520. The van der Waals surface area contributed by atoms with Gasteiger partial charge in [0.2, 0.25) is 11.7 Å². The Kier molecular flexibility index (Phi) is 3.03. The van der Waals surface area contributed by atoms with Crippen LogP contribution in [0.2, 0.25) is 0 Å². The van der Waals surface area contributed by atoms with E-state index < -0.39 is 4.92 Å². The van der Waals surface area contributed by atoms with Crippen LogP contribution in [-0.4, -0.2) is 21.1 Å². The number of benzene rings is 1. The Bertz CT molecular complexity index is 663. The Morgan fingerprint density at radius 3 is 2.65 bits per heavy atom. The van der Waals surface area contributed by atoms with Gasteiger partial charge in [-0.25, -0.2) is 0 Å². The second-order valence-electron chi connectivity index (χ2n) is 4.65. The Labute approximate surface area is 114 Å². The molecule has 0 saturated carbocycles. The van der Waals surface area contributed by atoms with E-state index in [0.29, 0.717) is 17.3 Å². The topological polar surface area (TPSA) is 108 Å². The van der Waals surface area contributed by atoms with Crippen LogP contribution in [-0.2, 0) is 0 Å². The minimum absolute atomic E-state index is 0.0229. The second-order valence-corrected chi connectivity index (χ2v) is 4.65. The summed E-state index contributed by atoms with van der Waals surface area (Å²) in [6, 6.07) is 6.05. The van der Waals surface area contributed by atoms with Crippen LogP contribution >= 0.6 is 0 Å². The van der Waals surface area contributed by atoms with Crippen molar-refractivity contribution in [3.05, 3.63) is 52.4 Å². The van der Waals surface area contributed by atoms with Crippen LogP contribution < -0.4 is 5.73 Å². The lowest BCUT2D eigenvalue weighted by Gasteiger charge is -2.01. The largest absolute Gasteiger partial charge is 0.338 e. The molecule has 1 aliphatic carbocycles. The van der Waals surface area contributed by atoms with Gasteiger partial charge in [0.05, 0.1) is 10.8 Å². The summed E-state index contributed by atoms with van der Waals surface area (Å²) in [4.78, 5) is 14.5. The third-order valence-electron chi connectivity index (χ3n) is 3.21. The Morgan fingerprint density at radius 1 is 1.30 bits per heavy atom. The molecule has 20 heavy (non-hydrogen) atoms. The first-order valence-electron chi connectivity index (χ1n) is 6.16. The first-order chi connectivity index (χ1) is 9.63. The van der Waals surface area contributed by atoms with Gasteiger partial charge >= 0.3 is 0 Å². The van der Waals surface area contributed by atoms with E-state index in [0.717, 1.165) is 6.42 Å². The maximum absolute atomic E-state index is 10.6. The number of non-ortho nitro benzene ring substituents is 1. The monoisotopic (exact) mass is 272 g/mol. The van der Waals surface area contributed by atoms with Crippen molar-refractivity contribution in [1.29, 1.82) is 0 Å². The molecule has 1 aromatic heterocycles. The molecule has 1 aromatic carbocycles. The van der Waals surface area contributed by atoms with E-state index in [1.54, 1.807) is 12.1 Å². The van der Waals surface area contributed by atoms with Crippen molar-refractivity contribution in [1.82, 2.24) is 10.1 Å². The SMILES string of the molecule is NC1C=CC(c2nc(-c3ccc([N+](=O)[O-])cc3)no2)C1. The number of hydrogen-bond donors (Lipinski definition) is 1. The molecule has 2 N–H and O–H groups in total. The van der Waals surface area contributed by atoms with Gasteiger partial charge in [-0.1, -0.05) is 17.3 Å². The summed E-state index contributed by atoms with van der Waals surface area (Å²) < 4.78 is 5.23. The highest BCUT2D eigenvalue weighted by molar-refractivity contribution is 5.56. The van der Waals surface area contributed by atoms with Crippen molar-refractivity contribution in [3.63, 3.8) is 0 Å². The second kappa shape index (κ2) is 4.86. The van der Waals surface area contributed by atoms with Crippen molar-refractivity contribution in [2.45, 2.75) is 18.4 Å². The Hall–Kier alpha value is -2.54.